The van der Waals surface area contributed by atoms with Crippen molar-refractivity contribution in [1.82, 2.24) is 4.98 Å². The molecule has 1 aromatic heterocycles. The van der Waals surface area contributed by atoms with Crippen LogP contribution in [0.1, 0.15) is 20.7 Å². The summed E-state index contributed by atoms with van der Waals surface area (Å²) in [6, 6.07) is 8.14. The number of rotatable bonds is 3. The lowest BCUT2D eigenvalue weighted by molar-refractivity contribution is 0.0697. The number of carboxylic acid groups (broad SMARTS) is 1. The van der Waals surface area contributed by atoms with Gasteiger partial charge in [0, 0.05) is 6.20 Å². The maximum absolute atomic E-state index is 13.4. The third-order valence-electron chi connectivity index (χ3n) is 2.39. The van der Waals surface area contributed by atoms with E-state index in [4.69, 9.17) is 5.11 Å². The van der Waals surface area contributed by atoms with Gasteiger partial charge in [0.2, 0.25) is 0 Å². The molecular weight excluding hydrogens is 251 g/mol. The first kappa shape index (κ1) is 12.7. The van der Waals surface area contributed by atoms with Crippen LogP contribution in [-0.2, 0) is 0 Å². The quantitative estimate of drug-likeness (QED) is 0.886. The number of pyridine rings is 1. The number of benzene rings is 1. The van der Waals surface area contributed by atoms with E-state index in [0.717, 1.165) is 6.07 Å². The molecule has 0 saturated carbocycles. The van der Waals surface area contributed by atoms with Crippen molar-refractivity contribution < 1.29 is 19.1 Å². The molecule has 96 valence electrons. The second-order valence-electron chi connectivity index (χ2n) is 3.64. The first-order valence-corrected chi connectivity index (χ1v) is 5.34. The monoisotopic (exact) mass is 260 g/mol. The second kappa shape index (κ2) is 5.26. The van der Waals surface area contributed by atoms with Crippen LogP contribution in [0.15, 0.2) is 42.6 Å². The van der Waals surface area contributed by atoms with E-state index in [1.807, 2.05) is 0 Å². The number of carboxylic acids is 1. The Labute approximate surface area is 107 Å². The maximum atomic E-state index is 13.4. The Morgan fingerprint density at radius 2 is 1.79 bits per heavy atom. The minimum atomic E-state index is -1.23. The van der Waals surface area contributed by atoms with Crippen molar-refractivity contribution in [2.75, 3.05) is 5.32 Å². The number of amides is 1. The number of carbonyl (C=O) groups excluding carboxylic acids is 1. The van der Waals surface area contributed by atoms with Crippen molar-refractivity contribution in [2.24, 2.45) is 0 Å². The summed E-state index contributed by atoms with van der Waals surface area (Å²) >= 11 is 0. The highest BCUT2D eigenvalue weighted by Gasteiger charge is 2.16. The zero-order chi connectivity index (χ0) is 13.8. The number of halogens is 1. The molecule has 2 aromatic rings. The Balaban J connectivity index is 2.30. The van der Waals surface area contributed by atoms with Crippen LogP contribution in [0.25, 0.3) is 0 Å². The summed E-state index contributed by atoms with van der Waals surface area (Å²) in [6.45, 7) is 0. The third-order valence-corrected chi connectivity index (χ3v) is 2.39. The molecule has 0 aliphatic carbocycles. The summed E-state index contributed by atoms with van der Waals surface area (Å²) in [7, 11) is 0. The highest BCUT2D eigenvalue weighted by atomic mass is 19.1. The van der Waals surface area contributed by atoms with Gasteiger partial charge in [0.15, 0.2) is 0 Å². The van der Waals surface area contributed by atoms with E-state index in [9.17, 15) is 14.0 Å². The van der Waals surface area contributed by atoms with Gasteiger partial charge >= 0.3 is 5.97 Å². The van der Waals surface area contributed by atoms with E-state index in [1.54, 1.807) is 0 Å². The summed E-state index contributed by atoms with van der Waals surface area (Å²) in [4.78, 5) is 26.5. The topological polar surface area (TPSA) is 79.3 Å². The molecule has 0 spiro atoms. The van der Waals surface area contributed by atoms with Gasteiger partial charge in [-0.15, -0.1) is 0 Å². The predicted molar refractivity (Wildman–Crippen MR) is 65.5 cm³/mol. The van der Waals surface area contributed by atoms with Gasteiger partial charge in [-0.05, 0) is 24.3 Å². The van der Waals surface area contributed by atoms with Crippen LogP contribution in [0.5, 0.6) is 0 Å². The zero-order valence-corrected chi connectivity index (χ0v) is 9.63. The van der Waals surface area contributed by atoms with Crippen LogP contribution in [0.2, 0.25) is 0 Å². The fraction of sp³-hybridized carbons (Fsp3) is 0. The smallest absolute Gasteiger partial charge is 0.339 e. The third kappa shape index (κ3) is 2.74. The van der Waals surface area contributed by atoms with Gasteiger partial charge in [-0.3, -0.25) is 4.79 Å². The number of carbonyl (C=O) groups is 2. The van der Waals surface area contributed by atoms with Crippen molar-refractivity contribution in [3.63, 3.8) is 0 Å². The molecule has 0 aliphatic rings. The van der Waals surface area contributed by atoms with Crippen molar-refractivity contribution in [1.29, 1.82) is 0 Å². The lowest BCUT2D eigenvalue weighted by atomic mass is 10.2. The van der Waals surface area contributed by atoms with Gasteiger partial charge in [-0.1, -0.05) is 12.1 Å². The molecule has 19 heavy (non-hydrogen) atoms. The summed E-state index contributed by atoms with van der Waals surface area (Å²) in [6.07, 6.45) is 1.34. The predicted octanol–water partition coefficient (Wildman–Crippen LogP) is 2.17. The number of anilines is 1. The van der Waals surface area contributed by atoms with Gasteiger partial charge in [0.05, 0.1) is 5.56 Å². The van der Waals surface area contributed by atoms with Crippen LogP contribution in [0.3, 0.4) is 0 Å². The molecule has 1 heterocycles. The molecule has 1 aromatic carbocycles. The largest absolute Gasteiger partial charge is 0.478 e. The van der Waals surface area contributed by atoms with E-state index in [-0.39, 0.29) is 16.9 Å². The molecular formula is C13H9FN2O3. The molecule has 5 nitrogen and oxygen atoms in total. The summed E-state index contributed by atoms with van der Waals surface area (Å²) in [5.74, 6) is -2.78. The number of hydrogen-bond donors (Lipinski definition) is 2. The Kier molecular flexibility index (Phi) is 3.51. The van der Waals surface area contributed by atoms with Crippen LogP contribution < -0.4 is 5.32 Å². The SMILES string of the molecule is O=C(Nc1ncccc1C(=O)O)c1ccccc1F. The Morgan fingerprint density at radius 1 is 1.11 bits per heavy atom. The van der Waals surface area contributed by atoms with Gasteiger partial charge in [-0.2, -0.15) is 0 Å². The normalized spacial score (nSPS) is 9.95. The fourth-order valence-corrected chi connectivity index (χ4v) is 1.50. The van der Waals surface area contributed by atoms with Crippen LogP contribution in [0, 0.1) is 5.82 Å². The number of hydrogen-bond acceptors (Lipinski definition) is 3. The fourth-order valence-electron chi connectivity index (χ4n) is 1.50. The summed E-state index contributed by atoms with van der Waals surface area (Å²) in [5, 5.41) is 11.2. The van der Waals surface area contributed by atoms with Crippen molar-refractivity contribution in [3.05, 3.63) is 59.5 Å². The minimum Gasteiger partial charge on any atom is -0.478 e. The van der Waals surface area contributed by atoms with Crippen molar-refractivity contribution >= 4 is 17.7 Å². The van der Waals surface area contributed by atoms with Crippen LogP contribution in [0.4, 0.5) is 10.2 Å². The standard InChI is InChI=1S/C13H9FN2O3/c14-10-6-2-1-4-8(10)12(17)16-11-9(13(18)19)5-3-7-15-11/h1-7H,(H,18,19)(H,15,16,17). The second-order valence-corrected chi connectivity index (χ2v) is 3.64. The molecule has 0 unspecified atom stereocenters. The van der Waals surface area contributed by atoms with E-state index < -0.39 is 17.7 Å². The summed E-state index contributed by atoms with van der Waals surface area (Å²) in [5.41, 5.74) is -0.336. The van der Waals surface area contributed by atoms with Crippen LogP contribution in [-0.4, -0.2) is 22.0 Å². The van der Waals surface area contributed by atoms with Gasteiger partial charge in [0.25, 0.3) is 5.91 Å². The number of aromatic carboxylic acids is 1. The molecule has 0 radical (unpaired) electrons. The number of nitrogens with zero attached hydrogens (tertiary/aromatic N) is 1. The van der Waals surface area contributed by atoms with Crippen LogP contribution >= 0.6 is 0 Å². The molecule has 0 bridgehead atoms. The van der Waals surface area contributed by atoms with E-state index in [2.05, 4.69) is 10.3 Å². The first-order valence-electron chi connectivity index (χ1n) is 5.34. The van der Waals surface area contributed by atoms with Gasteiger partial charge < -0.3 is 10.4 Å². The molecule has 1 amide bonds. The van der Waals surface area contributed by atoms with Crippen molar-refractivity contribution in [3.8, 4) is 0 Å². The molecule has 0 fully saturated rings. The minimum absolute atomic E-state index is 0.122. The van der Waals surface area contributed by atoms with E-state index in [0.29, 0.717) is 0 Å². The molecule has 6 heteroatoms. The molecule has 0 atom stereocenters. The average Bonchev–Trinajstić information content (AvgIpc) is 2.39. The molecule has 0 aliphatic heterocycles. The Bertz CT molecular complexity index is 643. The van der Waals surface area contributed by atoms with Gasteiger partial charge in [-0.25, -0.2) is 14.2 Å². The maximum Gasteiger partial charge on any atom is 0.339 e. The zero-order valence-electron chi connectivity index (χ0n) is 9.63. The van der Waals surface area contributed by atoms with E-state index >= 15 is 0 Å². The molecule has 0 saturated heterocycles. The molecule has 2 N–H and O–H groups in total. The Morgan fingerprint density at radius 3 is 2.47 bits per heavy atom. The number of aromatic nitrogens is 1. The lowest BCUT2D eigenvalue weighted by Crippen LogP contribution is -2.17. The van der Waals surface area contributed by atoms with Gasteiger partial charge in [0.1, 0.15) is 17.2 Å². The highest BCUT2D eigenvalue weighted by Crippen LogP contribution is 2.14. The molecule has 2 rings (SSSR count). The average molecular weight is 260 g/mol. The number of nitrogens with one attached hydrogen (secondary N) is 1. The summed E-state index contributed by atoms with van der Waals surface area (Å²) < 4.78 is 13.4. The van der Waals surface area contributed by atoms with Crippen molar-refractivity contribution in [2.45, 2.75) is 0 Å². The highest BCUT2D eigenvalue weighted by molar-refractivity contribution is 6.06. The lowest BCUT2D eigenvalue weighted by Gasteiger charge is -2.07. The Hall–Kier alpha value is -2.76. The first-order chi connectivity index (χ1) is 9.09. The van der Waals surface area contributed by atoms with E-state index in [1.165, 1.54) is 36.5 Å².